The van der Waals surface area contributed by atoms with E-state index in [1.807, 2.05) is 0 Å². The van der Waals surface area contributed by atoms with E-state index in [1.54, 1.807) is 36.4 Å². The van der Waals surface area contributed by atoms with E-state index >= 15 is 0 Å². The molecule has 0 bridgehead atoms. The first-order chi connectivity index (χ1) is 11.4. The van der Waals surface area contributed by atoms with Crippen molar-refractivity contribution in [3.63, 3.8) is 0 Å². The third-order valence-corrected chi connectivity index (χ3v) is 3.22. The van der Waals surface area contributed by atoms with E-state index in [1.165, 1.54) is 12.2 Å². The zero-order valence-corrected chi connectivity index (χ0v) is 13.1. The maximum Gasteiger partial charge on any atom is 0.342 e. The number of esters is 2. The van der Waals surface area contributed by atoms with E-state index in [0.29, 0.717) is 11.5 Å². The van der Waals surface area contributed by atoms with Crippen LogP contribution in [0.15, 0.2) is 86.0 Å². The molecule has 0 aromatic heterocycles. The second-order valence-electron chi connectivity index (χ2n) is 4.91. The van der Waals surface area contributed by atoms with Gasteiger partial charge in [-0.2, -0.15) is 0 Å². The third kappa shape index (κ3) is 3.87. The first kappa shape index (κ1) is 17.0. The fourth-order valence-corrected chi connectivity index (χ4v) is 1.84. The molecule has 0 N–H and O–H groups in total. The van der Waals surface area contributed by atoms with Gasteiger partial charge in [-0.25, -0.2) is 9.59 Å². The first-order valence-corrected chi connectivity index (χ1v) is 7.05. The molecule has 2 aromatic carbocycles. The highest BCUT2D eigenvalue weighted by molar-refractivity contribution is 5.94. The highest BCUT2D eigenvalue weighted by Crippen LogP contribution is 2.25. The predicted molar refractivity (Wildman–Crippen MR) is 93.9 cm³/mol. The molecule has 0 spiro atoms. The Morgan fingerprint density at radius 3 is 1.46 bits per heavy atom. The number of hydrogen-bond donors (Lipinski definition) is 0. The Kier molecular flexibility index (Phi) is 5.12. The van der Waals surface area contributed by atoms with Gasteiger partial charge >= 0.3 is 11.9 Å². The summed E-state index contributed by atoms with van der Waals surface area (Å²) in [5, 5.41) is 1.65. The Hall–Kier alpha value is -3.40. The van der Waals surface area contributed by atoms with Crippen molar-refractivity contribution in [3.05, 3.63) is 86.0 Å². The summed E-state index contributed by atoms with van der Waals surface area (Å²) in [6.45, 7) is 14.0. The van der Waals surface area contributed by atoms with Gasteiger partial charge in [-0.15, -0.1) is 0 Å². The lowest BCUT2D eigenvalue weighted by Gasteiger charge is -2.08. The van der Waals surface area contributed by atoms with Crippen LogP contribution >= 0.6 is 0 Å². The maximum absolute atomic E-state index is 11.7. The molecule has 24 heavy (non-hydrogen) atoms. The van der Waals surface area contributed by atoms with Gasteiger partial charge in [0.1, 0.15) is 11.5 Å². The Bertz CT molecular complexity index is 801. The number of carbonyl (C=O) groups excluding carboxylic acids is 2. The van der Waals surface area contributed by atoms with E-state index < -0.39 is 11.9 Å². The Balaban J connectivity index is 2.22. The number of fused-ring (bicyclic) bond motifs is 1. The quantitative estimate of drug-likeness (QED) is 0.347. The largest absolute Gasteiger partial charge is 0.423 e. The van der Waals surface area contributed by atoms with Crippen LogP contribution < -0.4 is 9.47 Å². The molecule has 0 fully saturated rings. The minimum atomic E-state index is -0.558. The van der Waals surface area contributed by atoms with Crippen molar-refractivity contribution in [1.29, 1.82) is 0 Å². The van der Waals surface area contributed by atoms with Crippen LogP contribution in [0.25, 0.3) is 10.8 Å². The number of ether oxygens (including phenoxy) is 2. The molecule has 0 aliphatic carbocycles. The fraction of sp³-hybridized carbons (Fsp3) is 0. The van der Waals surface area contributed by atoms with Gasteiger partial charge in [0.05, 0.1) is 11.1 Å². The summed E-state index contributed by atoms with van der Waals surface area (Å²) in [6, 6.07) is 10.2. The van der Waals surface area contributed by atoms with E-state index in [9.17, 15) is 9.59 Å². The zero-order chi connectivity index (χ0) is 17.7. The summed E-state index contributed by atoms with van der Waals surface area (Å²) in [7, 11) is 0. The van der Waals surface area contributed by atoms with Crippen molar-refractivity contribution >= 4 is 22.7 Å². The molecule has 0 saturated carbocycles. The number of benzene rings is 2. The van der Waals surface area contributed by atoms with Gasteiger partial charge in [-0.3, -0.25) is 0 Å². The molecule has 0 saturated heterocycles. The monoisotopic (exact) mass is 320 g/mol. The molecule has 0 radical (unpaired) electrons. The van der Waals surface area contributed by atoms with Crippen LogP contribution in [-0.4, -0.2) is 11.9 Å². The van der Waals surface area contributed by atoms with E-state index in [0.717, 1.165) is 10.8 Å². The summed E-state index contributed by atoms with van der Waals surface area (Å²) >= 11 is 0. The minimum Gasteiger partial charge on any atom is -0.423 e. The van der Waals surface area contributed by atoms with Gasteiger partial charge in [0.15, 0.2) is 0 Å². The van der Waals surface area contributed by atoms with Crippen LogP contribution in [0.3, 0.4) is 0 Å². The zero-order valence-electron chi connectivity index (χ0n) is 13.1. The molecular weight excluding hydrogens is 304 g/mol. The van der Waals surface area contributed by atoms with Crippen molar-refractivity contribution in [3.8, 4) is 11.5 Å². The molecule has 2 rings (SSSR count). The summed E-state index contributed by atoms with van der Waals surface area (Å²) in [4.78, 5) is 23.4. The van der Waals surface area contributed by atoms with E-state index in [2.05, 4.69) is 26.3 Å². The second-order valence-corrected chi connectivity index (χ2v) is 4.91. The molecule has 0 aliphatic heterocycles. The lowest BCUT2D eigenvalue weighted by Crippen LogP contribution is -2.09. The van der Waals surface area contributed by atoms with Crippen molar-refractivity contribution in [2.45, 2.75) is 0 Å². The lowest BCUT2D eigenvalue weighted by molar-refractivity contribution is -0.130. The molecule has 0 amide bonds. The van der Waals surface area contributed by atoms with Gasteiger partial charge in [-0.1, -0.05) is 50.6 Å². The van der Waals surface area contributed by atoms with Crippen molar-refractivity contribution in [2.24, 2.45) is 0 Å². The molecule has 0 heterocycles. The highest BCUT2D eigenvalue weighted by atomic mass is 16.5. The fourth-order valence-electron chi connectivity index (χ4n) is 1.84. The minimum absolute atomic E-state index is 0.180. The number of carbonyl (C=O) groups is 2. The second kappa shape index (κ2) is 7.24. The van der Waals surface area contributed by atoms with Crippen molar-refractivity contribution in [2.75, 3.05) is 0 Å². The van der Waals surface area contributed by atoms with Gasteiger partial charge in [0.2, 0.25) is 0 Å². The molecule has 4 nitrogen and oxygen atoms in total. The van der Waals surface area contributed by atoms with Crippen LogP contribution in [0.5, 0.6) is 11.5 Å². The van der Waals surface area contributed by atoms with Crippen LogP contribution in [-0.2, 0) is 9.59 Å². The van der Waals surface area contributed by atoms with Crippen LogP contribution in [0.4, 0.5) is 0 Å². The number of hydrogen-bond acceptors (Lipinski definition) is 4. The average molecular weight is 320 g/mol. The Morgan fingerprint density at radius 1 is 0.750 bits per heavy atom. The molecular formula is C20H16O4. The molecule has 120 valence electrons. The Labute approximate surface area is 140 Å². The molecule has 0 atom stereocenters. The summed E-state index contributed by atoms with van der Waals surface area (Å²) in [5.74, 6) is -0.337. The highest BCUT2D eigenvalue weighted by Gasteiger charge is 2.09. The van der Waals surface area contributed by atoms with Crippen LogP contribution in [0.1, 0.15) is 0 Å². The van der Waals surface area contributed by atoms with Gasteiger partial charge < -0.3 is 9.47 Å². The van der Waals surface area contributed by atoms with E-state index in [4.69, 9.17) is 9.47 Å². The first-order valence-electron chi connectivity index (χ1n) is 7.05. The van der Waals surface area contributed by atoms with Crippen LogP contribution in [0.2, 0.25) is 0 Å². The molecule has 0 aliphatic rings. The average Bonchev–Trinajstić information content (AvgIpc) is 2.60. The lowest BCUT2D eigenvalue weighted by atomic mass is 10.1. The van der Waals surface area contributed by atoms with E-state index in [-0.39, 0.29) is 11.1 Å². The summed E-state index contributed by atoms with van der Waals surface area (Å²) < 4.78 is 10.4. The van der Waals surface area contributed by atoms with Gasteiger partial charge in [0, 0.05) is 0 Å². The van der Waals surface area contributed by atoms with Gasteiger partial charge in [-0.05, 0) is 35.0 Å². The SMILES string of the molecule is C=CC(=C)C(=O)Oc1ccc2cc(OC(=O)C(=C)C=C)ccc2c1. The van der Waals surface area contributed by atoms with Crippen molar-refractivity contribution in [1.82, 2.24) is 0 Å². The Morgan fingerprint density at radius 2 is 1.12 bits per heavy atom. The molecule has 4 heteroatoms. The normalized spacial score (nSPS) is 9.83. The standard InChI is InChI=1S/C20H16O4/c1-5-13(3)19(21)23-17-9-7-16-12-18(10-8-15(16)11-17)24-20(22)14(4)6-2/h5-12H,1-4H2. The third-order valence-electron chi connectivity index (χ3n) is 3.22. The number of rotatable bonds is 6. The maximum atomic E-state index is 11.7. The van der Waals surface area contributed by atoms with Crippen LogP contribution in [0, 0.1) is 0 Å². The smallest absolute Gasteiger partial charge is 0.342 e. The van der Waals surface area contributed by atoms with Crippen molar-refractivity contribution < 1.29 is 19.1 Å². The molecule has 0 unspecified atom stereocenters. The summed E-state index contributed by atoms with van der Waals surface area (Å²) in [5.41, 5.74) is 0.361. The molecule has 2 aromatic rings. The van der Waals surface area contributed by atoms with Gasteiger partial charge in [0.25, 0.3) is 0 Å². The topological polar surface area (TPSA) is 52.6 Å². The predicted octanol–water partition coefficient (Wildman–Crippen LogP) is 4.14. The summed E-state index contributed by atoms with van der Waals surface area (Å²) in [6.07, 6.45) is 2.67.